The highest BCUT2D eigenvalue weighted by Crippen LogP contribution is 2.21. The fourth-order valence-electron chi connectivity index (χ4n) is 0.924. The maximum absolute atomic E-state index is 7.39. The molecule has 1 aromatic rings. The molecule has 0 fully saturated rings. The summed E-state index contributed by atoms with van der Waals surface area (Å²) in [5.41, 5.74) is 6.10. The summed E-state index contributed by atoms with van der Waals surface area (Å²) >= 11 is 0. The molecule has 0 atom stereocenters. The van der Waals surface area contributed by atoms with Crippen molar-refractivity contribution in [3.63, 3.8) is 0 Å². The highest BCUT2D eigenvalue weighted by molar-refractivity contribution is 5.88. The van der Waals surface area contributed by atoms with Gasteiger partial charge in [-0.25, -0.2) is 0 Å². The molecule has 0 radical (unpaired) electrons. The second-order valence-electron chi connectivity index (χ2n) is 3.27. The van der Waals surface area contributed by atoms with Crippen LogP contribution in [0.4, 0.5) is 0 Å². The lowest BCUT2D eigenvalue weighted by Crippen LogP contribution is -2.34. The van der Waals surface area contributed by atoms with Gasteiger partial charge in [0, 0.05) is 17.8 Å². The summed E-state index contributed by atoms with van der Waals surface area (Å²) in [5, 5.41) is 7.39. The number of hydrogen-bond acceptors (Lipinski definition) is 2. The summed E-state index contributed by atoms with van der Waals surface area (Å²) in [6, 6.07) is 3.75. The van der Waals surface area contributed by atoms with Gasteiger partial charge in [0.05, 0.1) is 0 Å². The Hall–Kier alpha value is -1.38. The van der Waals surface area contributed by atoms with Gasteiger partial charge in [-0.3, -0.25) is 10.4 Å². The Bertz CT molecular complexity index is 277. The van der Waals surface area contributed by atoms with Crippen LogP contribution in [-0.4, -0.2) is 10.8 Å². The van der Waals surface area contributed by atoms with E-state index in [9.17, 15) is 0 Å². The molecule has 1 heterocycles. The van der Waals surface area contributed by atoms with Gasteiger partial charge in [-0.2, -0.15) is 0 Å². The van der Waals surface area contributed by atoms with E-state index in [1.807, 2.05) is 26.0 Å². The average Bonchev–Trinajstić information content (AvgIpc) is 2.06. The largest absolute Gasteiger partial charge is 0.387 e. The van der Waals surface area contributed by atoms with Gasteiger partial charge in [-0.15, -0.1) is 0 Å². The Kier molecular flexibility index (Phi) is 2.13. The normalized spacial score (nSPS) is 11.2. The first-order valence-electron chi connectivity index (χ1n) is 3.80. The van der Waals surface area contributed by atoms with Gasteiger partial charge >= 0.3 is 0 Å². The van der Waals surface area contributed by atoms with E-state index in [0.717, 1.165) is 5.56 Å². The summed E-state index contributed by atoms with van der Waals surface area (Å²) in [5.74, 6) is 0.175. The van der Waals surface area contributed by atoms with Gasteiger partial charge < -0.3 is 5.73 Å². The third-order valence-electron chi connectivity index (χ3n) is 2.08. The summed E-state index contributed by atoms with van der Waals surface area (Å²) in [4.78, 5) is 3.91. The van der Waals surface area contributed by atoms with E-state index in [-0.39, 0.29) is 11.3 Å². The predicted molar refractivity (Wildman–Crippen MR) is 49.2 cm³/mol. The quantitative estimate of drug-likeness (QED) is 0.509. The fourth-order valence-corrected chi connectivity index (χ4v) is 0.924. The Morgan fingerprint density at radius 1 is 1.42 bits per heavy atom. The first-order valence-corrected chi connectivity index (χ1v) is 3.80. The molecule has 0 unspecified atom stereocenters. The lowest BCUT2D eigenvalue weighted by atomic mass is 9.84. The zero-order valence-corrected chi connectivity index (χ0v) is 7.33. The second kappa shape index (κ2) is 2.93. The van der Waals surface area contributed by atoms with E-state index in [1.54, 1.807) is 12.4 Å². The van der Waals surface area contributed by atoms with Crippen LogP contribution in [0.1, 0.15) is 19.4 Å². The number of pyridine rings is 1. The molecular weight excluding hydrogens is 150 g/mol. The number of rotatable bonds is 2. The highest BCUT2D eigenvalue weighted by Gasteiger charge is 2.23. The minimum Gasteiger partial charge on any atom is -0.387 e. The molecule has 3 heteroatoms. The standard InChI is InChI=1S/C9H13N3/c1-9(2,8(10)11)7-3-5-12-6-4-7/h3-6H,1-2H3,(H3,10,11). The zero-order valence-electron chi connectivity index (χ0n) is 7.33. The van der Waals surface area contributed by atoms with Gasteiger partial charge in [-0.05, 0) is 31.5 Å². The minimum atomic E-state index is -0.386. The maximum Gasteiger partial charge on any atom is 0.101 e. The van der Waals surface area contributed by atoms with E-state index in [4.69, 9.17) is 11.1 Å². The van der Waals surface area contributed by atoms with Crippen molar-refractivity contribution in [1.82, 2.24) is 4.98 Å². The topological polar surface area (TPSA) is 62.8 Å². The fraction of sp³-hybridized carbons (Fsp3) is 0.333. The minimum absolute atomic E-state index is 0.175. The lowest BCUT2D eigenvalue weighted by molar-refractivity contribution is 0.703. The Labute approximate surface area is 72.1 Å². The van der Waals surface area contributed by atoms with Crippen LogP contribution in [0.25, 0.3) is 0 Å². The highest BCUT2D eigenvalue weighted by atomic mass is 14.7. The third kappa shape index (κ3) is 1.44. The Balaban J connectivity index is 3.06. The van der Waals surface area contributed by atoms with Crippen LogP contribution in [0.3, 0.4) is 0 Å². The number of amidine groups is 1. The summed E-state index contributed by atoms with van der Waals surface area (Å²) < 4.78 is 0. The molecule has 1 rings (SSSR count). The molecule has 0 aliphatic rings. The van der Waals surface area contributed by atoms with Gasteiger partial charge in [0.15, 0.2) is 0 Å². The van der Waals surface area contributed by atoms with Crippen LogP contribution < -0.4 is 5.73 Å². The number of nitrogens with zero attached hydrogens (tertiary/aromatic N) is 1. The van der Waals surface area contributed by atoms with Crippen molar-refractivity contribution in [2.75, 3.05) is 0 Å². The van der Waals surface area contributed by atoms with E-state index < -0.39 is 0 Å². The SMILES string of the molecule is CC(C)(C(=N)N)c1ccncc1. The molecule has 0 aliphatic carbocycles. The Morgan fingerprint density at radius 3 is 2.33 bits per heavy atom. The van der Waals surface area contributed by atoms with Crippen LogP contribution >= 0.6 is 0 Å². The summed E-state index contributed by atoms with van der Waals surface area (Å²) in [7, 11) is 0. The van der Waals surface area contributed by atoms with Crippen molar-refractivity contribution in [2.45, 2.75) is 19.3 Å². The molecule has 0 aliphatic heterocycles. The summed E-state index contributed by atoms with van der Waals surface area (Å²) in [6.07, 6.45) is 3.42. The molecule has 0 saturated carbocycles. The van der Waals surface area contributed by atoms with E-state index in [0.29, 0.717) is 0 Å². The predicted octanol–water partition coefficient (Wildman–Crippen LogP) is 1.30. The molecule has 0 spiro atoms. The molecule has 0 saturated heterocycles. The lowest BCUT2D eigenvalue weighted by Gasteiger charge is -2.22. The average molecular weight is 163 g/mol. The van der Waals surface area contributed by atoms with Crippen molar-refractivity contribution < 1.29 is 0 Å². The summed E-state index contributed by atoms with van der Waals surface area (Å²) in [6.45, 7) is 3.84. The van der Waals surface area contributed by atoms with Crippen molar-refractivity contribution in [1.29, 1.82) is 5.41 Å². The van der Waals surface area contributed by atoms with Gasteiger partial charge in [0.2, 0.25) is 0 Å². The van der Waals surface area contributed by atoms with Crippen molar-refractivity contribution in [2.24, 2.45) is 5.73 Å². The van der Waals surface area contributed by atoms with Crippen LogP contribution in [0.2, 0.25) is 0 Å². The van der Waals surface area contributed by atoms with E-state index in [2.05, 4.69) is 4.98 Å². The van der Waals surface area contributed by atoms with Crippen LogP contribution in [0.15, 0.2) is 24.5 Å². The first kappa shape index (κ1) is 8.71. The van der Waals surface area contributed by atoms with E-state index in [1.165, 1.54) is 0 Å². The molecule has 12 heavy (non-hydrogen) atoms. The molecule has 1 aromatic heterocycles. The molecule has 3 nitrogen and oxygen atoms in total. The molecule has 0 aromatic carbocycles. The van der Waals surface area contributed by atoms with Gasteiger partial charge in [-0.1, -0.05) is 0 Å². The van der Waals surface area contributed by atoms with Crippen molar-refractivity contribution in [3.8, 4) is 0 Å². The van der Waals surface area contributed by atoms with Crippen LogP contribution in [0.5, 0.6) is 0 Å². The molecule has 64 valence electrons. The van der Waals surface area contributed by atoms with Gasteiger partial charge in [0.25, 0.3) is 0 Å². The molecule has 0 bridgehead atoms. The number of nitrogens with two attached hydrogens (primary N) is 1. The number of nitrogens with one attached hydrogen (secondary N) is 1. The molecular formula is C9H13N3. The van der Waals surface area contributed by atoms with Crippen molar-refractivity contribution >= 4 is 5.84 Å². The number of aromatic nitrogens is 1. The third-order valence-corrected chi connectivity index (χ3v) is 2.08. The van der Waals surface area contributed by atoms with Gasteiger partial charge in [0.1, 0.15) is 5.84 Å². The maximum atomic E-state index is 7.39. The zero-order chi connectivity index (χ0) is 9.19. The first-order chi connectivity index (χ1) is 5.55. The van der Waals surface area contributed by atoms with Crippen molar-refractivity contribution in [3.05, 3.63) is 30.1 Å². The molecule has 0 amide bonds. The van der Waals surface area contributed by atoms with Crippen LogP contribution in [-0.2, 0) is 5.41 Å². The number of hydrogen-bond donors (Lipinski definition) is 2. The molecule has 3 N–H and O–H groups in total. The van der Waals surface area contributed by atoms with Crippen LogP contribution in [0, 0.1) is 5.41 Å². The smallest absolute Gasteiger partial charge is 0.101 e. The van der Waals surface area contributed by atoms with E-state index >= 15 is 0 Å². The second-order valence-corrected chi connectivity index (χ2v) is 3.27. The monoisotopic (exact) mass is 163 g/mol. The Morgan fingerprint density at radius 2 is 1.92 bits per heavy atom.